The van der Waals surface area contributed by atoms with Gasteiger partial charge in [-0.05, 0) is 29.2 Å². The largest absolute Gasteiger partial charge is 0.118 e. The third-order valence-electron chi connectivity index (χ3n) is 4.80. The van der Waals surface area contributed by atoms with Crippen molar-refractivity contribution in [3.8, 4) is 11.1 Å². The van der Waals surface area contributed by atoms with Gasteiger partial charge in [-0.25, -0.2) is 0 Å². The summed E-state index contributed by atoms with van der Waals surface area (Å²) in [5.41, 5.74) is 5.36. The van der Waals surface area contributed by atoms with E-state index in [2.05, 4.69) is 79.8 Å². The third kappa shape index (κ3) is 1.82. The summed E-state index contributed by atoms with van der Waals surface area (Å²) in [7, 11) is 0. The lowest BCUT2D eigenvalue weighted by atomic mass is 9.77. The summed E-state index contributed by atoms with van der Waals surface area (Å²) < 4.78 is 0. The molecule has 104 valence electrons. The lowest BCUT2D eigenvalue weighted by Crippen LogP contribution is -2.32. The highest BCUT2D eigenvalue weighted by atomic mass is 35.5. The van der Waals surface area contributed by atoms with E-state index >= 15 is 0 Å². The number of hydrogen-bond donors (Lipinski definition) is 0. The average Bonchev–Trinajstić information content (AvgIpc) is 3.14. The van der Waals surface area contributed by atoms with E-state index < -0.39 is 0 Å². The van der Waals surface area contributed by atoms with E-state index in [1.165, 1.54) is 22.3 Å². The Hall–Kier alpha value is -1.79. The van der Waals surface area contributed by atoms with Crippen molar-refractivity contribution in [2.24, 2.45) is 5.92 Å². The fourth-order valence-electron chi connectivity index (χ4n) is 3.76. The van der Waals surface area contributed by atoms with Crippen LogP contribution in [0.1, 0.15) is 24.0 Å². The van der Waals surface area contributed by atoms with E-state index in [0.717, 1.165) is 0 Å². The number of benzene rings is 2. The average molecular weight is 293 g/mol. The second-order valence-electron chi connectivity index (χ2n) is 6.05. The molecule has 4 rings (SSSR count). The number of rotatable bonds is 2. The Morgan fingerprint density at radius 1 is 0.810 bits per heavy atom. The van der Waals surface area contributed by atoms with Gasteiger partial charge < -0.3 is 0 Å². The topological polar surface area (TPSA) is 0 Å². The number of fused-ring (bicyclic) bond motifs is 3. The van der Waals surface area contributed by atoms with Crippen molar-refractivity contribution in [2.45, 2.75) is 17.7 Å². The summed E-state index contributed by atoms with van der Waals surface area (Å²) in [6.07, 6.45) is 8.60. The molecule has 0 nitrogen and oxygen atoms in total. The molecule has 0 bridgehead atoms. The smallest absolute Gasteiger partial charge is 0.0624 e. The monoisotopic (exact) mass is 292 g/mol. The maximum absolute atomic E-state index is 7.10. The molecule has 0 heterocycles. The molecule has 0 spiro atoms. The van der Waals surface area contributed by atoms with Crippen molar-refractivity contribution in [3.05, 3.63) is 84.0 Å². The van der Waals surface area contributed by atoms with Crippen molar-refractivity contribution in [1.82, 2.24) is 0 Å². The van der Waals surface area contributed by atoms with Gasteiger partial charge in [0.2, 0.25) is 0 Å². The Kier molecular flexibility index (Phi) is 2.83. The second kappa shape index (κ2) is 4.61. The Morgan fingerprint density at radius 2 is 1.29 bits per heavy atom. The molecule has 0 amide bonds. The molecule has 0 radical (unpaired) electrons. The maximum atomic E-state index is 7.10. The number of allylic oxidation sites excluding steroid dienone is 4. The molecule has 0 N–H and O–H groups in total. The fourth-order valence-corrected chi connectivity index (χ4v) is 4.14. The van der Waals surface area contributed by atoms with Crippen LogP contribution >= 0.6 is 11.6 Å². The quantitative estimate of drug-likeness (QED) is 0.638. The summed E-state index contributed by atoms with van der Waals surface area (Å²) in [6.45, 7) is 2.17. The zero-order valence-corrected chi connectivity index (χ0v) is 12.7. The first-order chi connectivity index (χ1) is 10.2. The molecule has 2 aliphatic carbocycles. The minimum absolute atomic E-state index is 0.226. The molecular formula is C20H17Cl. The van der Waals surface area contributed by atoms with Gasteiger partial charge in [0.05, 0.1) is 4.87 Å². The molecule has 0 saturated heterocycles. The summed E-state index contributed by atoms with van der Waals surface area (Å²) in [5.74, 6) is 0.493. The molecular weight excluding hydrogens is 276 g/mol. The molecule has 21 heavy (non-hydrogen) atoms. The highest BCUT2D eigenvalue weighted by Gasteiger charge is 2.44. The van der Waals surface area contributed by atoms with Gasteiger partial charge in [-0.2, -0.15) is 0 Å². The van der Waals surface area contributed by atoms with Crippen LogP contribution in [0.5, 0.6) is 0 Å². The SMILES string of the molecule is CC(Cl)(C1C=CC=C1)C1c2ccccc2-c2ccccc21. The summed E-state index contributed by atoms with van der Waals surface area (Å²) in [4.78, 5) is -0.355. The molecule has 2 aliphatic rings. The first-order valence-electron chi connectivity index (χ1n) is 7.42. The van der Waals surface area contributed by atoms with Gasteiger partial charge in [-0.3, -0.25) is 0 Å². The van der Waals surface area contributed by atoms with E-state index in [0.29, 0.717) is 0 Å². The van der Waals surface area contributed by atoms with Crippen LogP contribution in [0, 0.1) is 5.92 Å². The van der Waals surface area contributed by atoms with Crippen LogP contribution in [-0.4, -0.2) is 4.87 Å². The van der Waals surface area contributed by atoms with Crippen molar-refractivity contribution in [2.75, 3.05) is 0 Å². The van der Waals surface area contributed by atoms with Crippen LogP contribution in [0.2, 0.25) is 0 Å². The molecule has 0 aromatic heterocycles. The fraction of sp³-hybridized carbons (Fsp3) is 0.200. The van der Waals surface area contributed by atoms with E-state index in [1.807, 2.05) is 0 Å². The molecule has 1 unspecified atom stereocenters. The van der Waals surface area contributed by atoms with Crippen molar-refractivity contribution < 1.29 is 0 Å². The second-order valence-corrected chi connectivity index (χ2v) is 6.87. The summed E-state index contributed by atoms with van der Waals surface area (Å²) >= 11 is 7.10. The maximum Gasteiger partial charge on any atom is 0.0624 e. The van der Waals surface area contributed by atoms with Gasteiger partial charge in [0.25, 0.3) is 0 Å². The lowest BCUT2D eigenvalue weighted by Gasteiger charge is -2.34. The van der Waals surface area contributed by atoms with E-state index in [-0.39, 0.29) is 16.7 Å². The minimum atomic E-state index is -0.355. The van der Waals surface area contributed by atoms with Gasteiger partial charge in [-0.1, -0.05) is 72.8 Å². The molecule has 2 aromatic rings. The van der Waals surface area contributed by atoms with E-state index in [9.17, 15) is 0 Å². The Morgan fingerprint density at radius 3 is 1.81 bits per heavy atom. The first kappa shape index (κ1) is 12.9. The molecule has 0 fully saturated rings. The molecule has 2 aromatic carbocycles. The third-order valence-corrected chi connectivity index (χ3v) is 5.27. The summed E-state index contributed by atoms with van der Waals surface area (Å²) in [5, 5.41) is 0. The Balaban J connectivity index is 1.93. The van der Waals surface area contributed by atoms with Crippen molar-refractivity contribution >= 4 is 11.6 Å². The molecule has 1 atom stereocenters. The van der Waals surface area contributed by atoms with Gasteiger partial charge in [0.15, 0.2) is 0 Å². The van der Waals surface area contributed by atoms with Crippen molar-refractivity contribution in [3.63, 3.8) is 0 Å². The summed E-state index contributed by atoms with van der Waals surface area (Å²) in [6, 6.07) is 17.3. The first-order valence-corrected chi connectivity index (χ1v) is 7.79. The van der Waals surface area contributed by atoms with Gasteiger partial charge in [-0.15, -0.1) is 11.6 Å². The van der Waals surface area contributed by atoms with Crippen molar-refractivity contribution in [1.29, 1.82) is 0 Å². The number of alkyl halides is 1. The van der Waals surface area contributed by atoms with Crippen LogP contribution in [0.25, 0.3) is 11.1 Å². The number of hydrogen-bond acceptors (Lipinski definition) is 0. The Labute approximate surface area is 130 Å². The van der Waals surface area contributed by atoms with Crippen LogP contribution in [0.4, 0.5) is 0 Å². The van der Waals surface area contributed by atoms with Gasteiger partial charge >= 0.3 is 0 Å². The van der Waals surface area contributed by atoms with Gasteiger partial charge in [0, 0.05) is 11.8 Å². The lowest BCUT2D eigenvalue weighted by molar-refractivity contribution is 0.493. The predicted octanol–water partition coefficient (Wildman–Crippen LogP) is 5.54. The predicted molar refractivity (Wildman–Crippen MR) is 89.7 cm³/mol. The zero-order valence-electron chi connectivity index (χ0n) is 12.0. The molecule has 0 saturated carbocycles. The highest BCUT2D eigenvalue weighted by molar-refractivity contribution is 6.25. The van der Waals surface area contributed by atoms with Crippen LogP contribution < -0.4 is 0 Å². The van der Waals surface area contributed by atoms with Crippen LogP contribution in [0.15, 0.2) is 72.8 Å². The van der Waals surface area contributed by atoms with Crippen LogP contribution in [0.3, 0.4) is 0 Å². The Bertz CT molecular complexity index is 694. The van der Waals surface area contributed by atoms with E-state index in [1.54, 1.807) is 0 Å². The number of halogens is 1. The van der Waals surface area contributed by atoms with Gasteiger partial charge in [0.1, 0.15) is 0 Å². The minimum Gasteiger partial charge on any atom is -0.118 e. The van der Waals surface area contributed by atoms with E-state index in [4.69, 9.17) is 11.6 Å². The van der Waals surface area contributed by atoms with Crippen LogP contribution in [-0.2, 0) is 0 Å². The molecule has 1 heteroatoms. The molecule has 0 aliphatic heterocycles. The zero-order chi connectivity index (χ0) is 14.4. The normalized spacial score (nSPS) is 19.5. The highest BCUT2D eigenvalue weighted by Crippen LogP contribution is 2.54. The standard InChI is InChI=1S/C20H17Cl/c1-20(21,14-8-2-3-9-14)19-17-12-6-4-10-15(17)16-11-5-7-13-18(16)19/h2-14,19H,1H3.